The van der Waals surface area contributed by atoms with Crippen LogP contribution in [0.4, 0.5) is 0 Å². The third-order valence-electron chi connectivity index (χ3n) is 8.26. The van der Waals surface area contributed by atoms with Crippen LogP contribution in [0.2, 0.25) is 0 Å². The number of aliphatic hydroxyl groups excluding tert-OH is 2. The SMILES string of the molecule is CCCCCCC/C=C\CCCCCCCCCCCOC[C@@H](O)COP(=O)([O-])C(CCCCC)[N+](C)(C)CCC(O)O. The lowest BCUT2D eigenvalue weighted by atomic mass is 10.1. The van der Waals surface area contributed by atoms with E-state index in [0.29, 0.717) is 13.0 Å². The van der Waals surface area contributed by atoms with Crippen LogP contribution in [0.1, 0.15) is 149 Å². The normalized spacial score (nSPS) is 15.4. The Kier molecular flexibility index (Phi) is 27.8. The summed E-state index contributed by atoms with van der Waals surface area (Å²) in [6.45, 7) is 4.86. The molecule has 0 aromatic rings. The summed E-state index contributed by atoms with van der Waals surface area (Å²) in [6.07, 6.45) is 25.6. The van der Waals surface area contributed by atoms with Crippen LogP contribution >= 0.6 is 7.60 Å². The molecule has 8 nitrogen and oxygen atoms in total. The number of aliphatic hydroxyl groups is 3. The van der Waals surface area contributed by atoms with Crippen molar-refractivity contribution in [2.24, 2.45) is 0 Å². The number of nitrogens with zero attached hydrogens (tertiary/aromatic N) is 1. The first-order chi connectivity index (χ1) is 20.6. The standard InChI is InChI=1S/C34H70NO7P/c1-5-7-9-10-11-12-13-14-15-16-17-18-19-20-21-22-23-25-29-41-30-32(36)31-42-43(39,40)33(26-24-8-6-2)35(3,4)28-27-34(37)38/h13-14,32-34,36-38H,5-12,15-31H2,1-4H3/b14-13-/t32-,33?/m1/s1. The molecule has 0 aliphatic heterocycles. The fourth-order valence-corrected chi connectivity index (χ4v) is 7.35. The van der Waals surface area contributed by atoms with Gasteiger partial charge in [0.15, 0.2) is 19.7 Å². The maximum absolute atomic E-state index is 13.1. The lowest BCUT2D eigenvalue weighted by Gasteiger charge is -2.44. The molecular formula is C34H70NO7P. The molecule has 9 heteroatoms. The summed E-state index contributed by atoms with van der Waals surface area (Å²) in [5.74, 6) is -0.817. The zero-order chi connectivity index (χ0) is 32.2. The van der Waals surface area contributed by atoms with Gasteiger partial charge in [-0.25, -0.2) is 0 Å². The molecule has 0 aliphatic carbocycles. The van der Waals surface area contributed by atoms with Crippen molar-refractivity contribution < 1.29 is 38.5 Å². The van der Waals surface area contributed by atoms with Gasteiger partial charge in [0, 0.05) is 19.4 Å². The Morgan fingerprint density at radius 1 is 0.698 bits per heavy atom. The zero-order valence-electron chi connectivity index (χ0n) is 28.4. The minimum absolute atomic E-state index is 0.0452. The van der Waals surface area contributed by atoms with Crippen LogP contribution in [0.5, 0.6) is 0 Å². The van der Waals surface area contributed by atoms with Crippen LogP contribution in [-0.2, 0) is 13.8 Å². The summed E-state index contributed by atoms with van der Waals surface area (Å²) in [6, 6.07) is 0. The van der Waals surface area contributed by atoms with Crippen LogP contribution in [0.25, 0.3) is 0 Å². The average molecular weight is 636 g/mol. The van der Waals surface area contributed by atoms with Gasteiger partial charge in [0.2, 0.25) is 0 Å². The molecule has 3 N–H and O–H groups in total. The molecule has 0 rings (SSSR count). The van der Waals surface area contributed by atoms with Gasteiger partial charge in [-0.2, -0.15) is 0 Å². The van der Waals surface area contributed by atoms with Crippen LogP contribution in [0.3, 0.4) is 0 Å². The third-order valence-corrected chi connectivity index (χ3v) is 10.4. The van der Waals surface area contributed by atoms with Crippen molar-refractivity contribution in [1.29, 1.82) is 0 Å². The molecule has 258 valence electrons. The summed E-state index contributed by atoms with van der Waals surface area (Å²) in [4.78, 5) is 13.1. The smallest absolute Gasteiger partial charge is 0.193 e. The summed E-state index contributed by atoms with van der Waals surface area (Å²) in [7, 11) is -0.783. The topological polar surface area (TPSA) is 119 Å². The molecule has 43 heavy (non-hydrogen) atoms. The second-order valence-corrected chi connectivity index (χ2v) is 14.9. The van der Waals surface area contributed by atoms with Gasteiger partial charge >= 0.3 is 0 Å². The largest absolute Gasteiger partial charge is 0.774 e. The molecule has 0 aromatic heterocycles. The van der Waals surface area contributed by atoms with E-state index >= 15 is 0 Å². The molecule has 0 saturated carbocycles. The van der Waals surface area contributed by atoms with Gasteiger partial charge in [-0.15, -0.1) is 0 Å². The first-order valence-corrected chi connectivity index (χ1v) is 19.2. The van der Waals surface area contributed by atoms with Gasteiger partial charge in [-0.1, -0.05) is 109 Å². The number of quaternary nitrogens is 1. The molecule has 0 aromatic carbocycles. The van der Waals surface area contributed by atoms with E-state index < -0.39 is 25.8 Å². The van der Waals surface area contributed by atoms with E-state index in [9.17, 15) is 24.8 Å². The molecule has 0 aliphatic rings. The molecule has 3 atom stereocenters. The number of rotatable bonds is 32. The maximum Gasteiger partial charge on any atom is 0.193 e. The van der Waals surface area contributed by atoms with Crippen molar-refractivity contribution in [2.75, 3.05) is 40.5 Å². The third kappa shape index (κ3) is 25.6. The predicted octanol–water partition coefficient (Wildman–Crippen LogP) is 7.44. The molecule has 0 radical (unpaired) electrons. The van der Waals surface area contributed by atoms with Gasteiger partial charge in [0.1, 0.15) is 6.10 Å². The van der Waals surface area contributed by atoms with Gasteiger partial charge in [-0.05, 0) is 38.5 Å². The maximum atomic E-state index is 13.1. The quantitative estimate of drug-likeness (QED) is 0.0231. The van der Waals surface area contributed by atoms with Crippen molar-refractivity contribution in [3.63, 3.8) is 0 Å². The fraction of sp³-hybridized carbons (Fsp3) is 0.941. The van der Waals surface area contributed by atoms with E-state index in [-0.39, 0.29) is 30.7 Å². The van der Waals surface area contributed by atoms with Gasteiger partial charge < -0.3 is 38.5 Å². The van der Waals surface area contributed by atoms with Crippen molar-refractivity contribution in [3.05, 3.63) is 12.2 Å². The van der Waals surface area contributed by atoms with Crippen molar-refractivity contribution in [2.45, 2.75) is 167 Å². The van der Waals surface area contributed by atoms with Crippen LogP contribution in [0.15, 0.2) is 12.2 Å². The first kappa shape index (κ1) is 42.7. The molecule has 0 fully saturated rings. The van der Waals surface area contributed by atoms with Gasteiger partial charge in [-0.3, -0.25) is 0 Å². The minimum atomic E-state index is -4.32. The Morgan fingerprint density at radius 3 is 1.72 bits per heavy atom. The number of ether oxygens (including phenoxy) is 1. The molecule has 0 amide bonds. The molecule has 0 heterocycles. The highest BCUT2D eigenvalue weighted by atomic mass is 31.2. The Hall–Kier alpha value is -0.310. The summed E-state index contributed by atoms with van der Waals surface area (Å²) < 4.78 is 24.0. The van der Waals surface area contributed by atoms with Crippen LogP contribution in [-0.4, -0.2) is 78.4 Å². The molecule has 0 spiro atoms. The summed E-state index contributed by atoms with van der Waals surface area (Å²) in [5.41, 5.74) is 0. The monoisotopic (exact) mass is 635 g/mol. The lowest BCUT2D eigenvalue weighted by molar-refractivity contribution is -0.905. The Balaban J connectivity index is 3.92. The lowest BCUT2D eigenvalue weighted by Crippen LogP contribution is -2.51. The van der Waals surface area contributed by atoms with Crippen molar-refractivity contribution >= 4 is 7.60 Å². The zero-order valence-corrected chi connectivity index (χ0v) is 29.3. The average Bonchev–Trinajstić information content (AvgIpc) is 2.96. The molecule has 0 saturated heterocycles. The number of hydrogen-bond acceptors (Lipinski definition) is 7. The Morgan fingerprint density at radius 2 is 1.19 bits per heavy atom. The van der Waals surface area contributed by atoms with E-state index in [1.807, 2.05) is 0 Å². The molecule has 2 unspecified atom stereocenters. The van der Waals surface area contributed by atoms with Gasteiger partial charge in [0.05, 0.1) is 33.9 Å². The summed E-state index contributed by atoms with van der Waals surface area (Å²) in [5, 5.41) is 28.8. The first-order valence-electron chi connectivity index (χ1n) is 17.6. The second kappa shape index (κ2) is 28.0. The number of unbranched alkanes of at least 4 members (excludes halogenated alkanes) is 16. The predicted molar refractivity (Wildman–Crippen MR) is 177 cm³/mol. The highest BCUT2D eigenvalue weighted by molar-refractivity contribution is 7.51. The number of hydrogen-bond donors (Lipinski definition) is 3. The second-order valence-electron chi connectivity index (χ2n) is 13.0. The van der Waals surface area contributed by atoms with E-state index in [1.165, 1.54) is 89.9 Å². The van der Waals surface area contributed by atoms with Gasteiger partial charge in [0.25, 0.3) is 0 Å². The highest BCUT2D eigenvalue weighted by Crippen LogP contribution is 2.49. The van der Waals surface area contributed by atoms with E-state index in [0.717, 1.165) is 32.1 Å². The van der Waals surface area contributed by atoms with E-state index in [4.69, 9.17) is 9.26 Å². The Labute approximate surface area is 265 Å². The summed E-state index contributed by atoms with van der Waals surface area (Å²) >= 11 is 0. The molecular weight excluding hydrogens is 565 g/mol. The highest BCUT2D eigenvalue weighted by Gasteiger charge is 2.38. The molecule has 0 bridgehead atoms. The van der Waals surface area contributed by atoms with Crippen LogP contribution in [0, 0.1) is 0 Å². The number of allylic oxidation sites excluding steroid dienone is 2. The fourth-order valence-electron chi connectivity index (χ4n) is 5.41. The van der Waals surface area contributed by atoms with Crippen molar-refractivity contribution in [3.8, 4) is 0 Å². The van der Waals surface area contributed by atoms with Crippen LogP contribution < -0.4 is 4.89 Å². The minimum Gasteiger partial charge on any atom is -0.774 e. The Bertz CT molecular complexity index is 690. The van der Waals surface area contributed by atoms with E-state index in [1.54, 1.807) is 14.1 Å². The van der Waals surface area contributed by atoms with E-state index in [2.05, 4.69) is 26.0 Å². The van der Waals surface area contributed by atoms with Crippen molar-refractivity contribution in [1.82, 2.24) is 0 Å².